The summed E-state index contributed by atoms with van der Waals surface area (Å²) in [6.07, 6.45) is 0. The Labute approximate surface area is 412 Å². The number of piperazine rings is 2. The minimum atomic E-state index is -3.76. The second-order valence-electron chi connectivity index (χ2n) is 16.0. The van der Waals surface area contributed by atoms with Crippen molar-refractivity contribution >= 4 is 53.0 Å². The molecule has 0 atom stereocenters. The summed E-state index contributed by atoms with van der Waals surface area (Å²) >= 11 is 3.10. The molecule has 4 heterocycles. The highest BCUT2D eigenvalue weighted by Gasteiger charge is 2.34. The molecule has 0 N–H and O–H groups in total. The molecule has 0 radical (unpaired) electrons. The molecule has 2 aliphatic rings. The van der Waals surface area contributed by atoms with Crippen LogP contribution in [0.2, 0.25) is 0 Å². The molecule has 2 aliphatic heterocycles. The minimum absolute atomic E-state index is 0.0942. The number of hydrogen-bond acceptors (Lipinski definition) is 17. The maximum Gasteiger partial charge on any atom is 0.247 e. The first-order valence-electron chi connectivity index (χ1n) is 21.8. The highest BCUT2D eigenvalue weighted by Crippen LogP contribution is 2.42. The highest BCUT2D eigenvalue weighted by atomic mass is 32.2. The van der Waals surface area contributed by atoms with Gasteiger partial charge in [-0.1, -0.05) is 17.7 Å². The summed E-state index contributed by atoms with van der Waals surface area (Å²) in [6.45, 7) is 9.89. The Kier molecular flexibility index (Phi) is 16.2. The lowest BCUT2D eigenvalue weighted by molar-refractivity contribution is 0.324. The topological polar surface area (TPSA) is 172 Å². The molecule has 2 saturated heterocycles. The maximum atomic E-state index is 13.4. The standard InChI is InChI=1S/C24H29N3O7S2.C24H29N3O4S2/c1-30-17-6-7-19(31-2)22(14-17)36(28,29)27-10-8-26(9-11-27)24-25-18(15-35-24)16-12-20(32-3)23(34-5)21(13-16)33-4;1-16-12-17(2)23(18(3)13-16)20-15-32-24(25-20)26-8-10-27(11-9-26)33(28,29)22-14-19(30-4)6-7-21(22)31-5/h6-7,12-15H,8-11H2,1-5H3;6-7,12-15H,8-11H2,1-5H3. The number of benzene rings is 4. The van der Waals surface area contributed by atoms with E-state index in [0.717, 1.165) is 27.2 Å². The van der Waals surface area contributed by atoms with E-state index in [4.69, 9.17) is 43.1 Å². The highest BCUT2D eigenvalue weighted by molar-refractivity contribution is 7.89. The molecule has 6 aromatic rings. The predicted molar refractivity (Wildman–Crippen MR) is 270 cm³/mol. The lowest BCUT2D eigenvalue weighted by Gasteiger charge is -2.34. The molecule has 21 heteroatoms. The van der Waals surface area contributed by atoms with E-state index >= 15 is 0 Å². The third-order valence-corrected chi connectivity index (χ3v) is 17.5. The van der Waals surface area contributed by atoms with E-state index in [9.17, 15) is 16.8 Å². The van der Waals surface area contributed by atoms with Crippen LogP contribution in [0.1, 0.15) is 16.7 Å². The van der Waals surface area contributed by atoms with E-state index in [0.29, 0.717) is 86.9 Å². The fourth-order valence-electron chi connectivity index (χ4n) is 8.37. The van der Waals surface area contributed by atoms with Gasteiger partial charge in [-0.15, -0.1) is 22.7 Å². The monoisotopic (exact) mass is 1020 g/mol. The molecule has 0 amide bonds. The Bertz CT molecular complexity index is 2930. The molecular formula is C48H58N6O11S4. The third-order valence-electron chi connectivity index (χ3n) is 11.9. The number of methoxy groups -OCH3 is 7. The predicted octanol–water partition coefficient (Wildman–Crippen LogP) is 7.63. The van der Waals surface area contributed by atoms with Crippen molar-refractivity contribution in [1.82, 2.24) is 18.6 Å². The van der Waals surface area contributed by atoms with Crippen LogP contribution in [0.5, 0.6) is 40.2 Å². The lowest BCUT2D eigenvalue weighted by Crippen LogP contribution is -2.48. The molecule has 8 rings (SSSR count). The van der Waals surface area contributed by atoms with E-state index < -0.39 is 20.0 Å². The van der Waals surface area contributed by atoms with Crippen LogP contribution in [0.4, 0.5) is 10.3 Å². The average Bonchev–Trinajstić information content (AvgIpc) is 4.07. The van der Waals surface area contributed by atoms with Crippen molar-refractivity contribution in [2.75, 3.05) is 112 Å². The first-order chi connectivity index (χ1) is 33.1. The smallest absolute Gasteiger partial charge is 0.247 e. The largest absolute Gasteiger partial charge is 0.497 e. The Balaban J connectivity index is 0.000000205. The minimum Gasteiger partial charge on any atom is -0.497 e. The van der Waals surface area contributed by atoms with Crippen molar-refractivity contribution < 1.29 is 50.0 Å². The van der Waals surface area contributed by atoms with Crippen LogP contribution in [0.3, 0.4) is 0 Å². The van der Waals surface area contributed by atoms with Crippen LogP contribution in [0.25, 0.3) is 22.5 Å². The average molecular weight is 1020 g/mol. The number of aryl methyl sites for hydroxylation is 3. The Morgan fingerprint density at radius 1 is 0.478 bits per heavy atom. The van der Waals surface area contributed by atoms with Gasteiger partial charge in [0.2, 0.25) is 25.8 Å². The second kappa shape index (κ2) is 21.8. The van der Waals surface area contributed by atoms with Crippen LogP contribution in [0, 0.1) is 20.8 Å². The van der Waals surface area contributed by atoms with Crippen molar-refractivity contribution in [3.63, 3.8) is 0 Å². The van der Waals surface area contributed by atoms with Gasteiger partial charge in [-0.05, 0) is 68.3 Å². The van der Waals surface area contributed by atoms with E-state index in [2.05, 4.69) is 48.1 Å². The molecular weight excluding hydrogens is 965 g/mol. The molecule has 0 unspecified atom stereocenters. The Morgan fingerprint density at radius 2 is 0.884 bits per heavy atom. The van der Waals surface area contributed by atoms with E-state index in [1.165, 1.54) is 82.8 Å². The quantitative estimate of drug-likeness (QED) is 0.0983. The van der Waals surface area contributed by atoms with Gasteiger partial charge < -0.3 is 43.0 Å². The van der Waals surface area contributed by atoms with E-state index in [1.807, 2.05) is 17.5 Å². The molecule has 4 aromatic carbocycles. The maximum absolute atomic E-state index is 13.4. The first kappa shape index (κ1) is 51.0. The van der Waals surface area contributed by atoms with Gasteiger partial charge in [0.15, 0.2) is 21.8 Å². The molecule has 370 valence electrons. The van der Waals surface area contributed by atoms with Crippen molar-refractivity contribution in [1.29, 1.82) is 0 Å². The number of ether oxygens (including phenoxy) is 7. The third kappa shape index (κ3) is 10.8. The summed E-state index contributed by atoms with van der Waals surface area (Å²) in [5, 5.41) is 5.78. The fourth-order valence-corrected chi connectivity index (χ4v) is 13.3. The van der Waals surface area contributed by atoms with Crippen LogP contribution in [-0.2, 0) is 20.0 Å². The molecule has 0 spiro atoms. The van der Waals surface area contributed by atoms with Crippen LogP contribution < -0.4 is 43.0 Å². The number of hydrogen-bond donors (Lipinski definition) is 0. The zero-order valence-corrected chi connectivity index (χ0v) is 43.7. The number of aromatic nitrogens is 2. The van der Waals surface area contributed by atoms with Gasteiger partial charge in [-0.25, -0.2) is 26.8 Å². The van der Waals surface area contributed by atoms with Gasteiger partial charge >= 0.3 is 0 Å². The van der Waals surface area contributed by atoms with Gasteiger partial charge in [0.1, 0.15) is 32.8 Å². The van der Waals surface area contributed by atoms with Crippen molar-refractivity contribution in [2.24, 2.45) is 0 Å². The van der Waals surface area contributed by atoms with Gasteiger partial charge in [-0.3, -0.25) is 0 Å². The number of thiazole rings is 2. The molecule has 2 fully saturated rings. The Hall–Kier alpha value is -5.84. The zero-order valence-electron chi connectivity index (χ0n) is 40.4. The molecule has 2 aromatic heterocycles. The molecule has 17 nitrogen and oxygen atoms in total. The summed E-state index contributed by atoms with van der Waals surface area (Å²) in [6, 6.07) is 17.6. The molecule has 0 aliphatic carbocycles. The van der Waals surface area contributed by atoms with Gasteiger partial charge in [-0.2, -0.15) is 8.61 Å². The molecule has 69 heavy (non-hydrogen) atoms. The van der Waals surface area contributed by atoms with Crippen molar-refractivity contribution in [2.45, 2.75) is 30.6 Å². The number of rotatable bonds is 15. The molecule has 0 bridgehead atoms. The van der Waals surface area contributed by atoms with Crippen LogP contribution in [-0.4, -0.2) is 138 Å². The van der Waals surface area contributed by atoms with Crippen LogP contribution in [0.15, 0.2) is 81.2 Å². The summed E-state index contributed by atoms with van der Waals surface area (Å²) in [7, 11) is 3.16. The first-order valence-corrected chi connectivity index (χ1v) is 26.5. The van der Waals surface area contributed by atoms with E-state index in [-0.39, 0.29) is 15.5 Å². The van der Waals surface area contributed by atoms with E-state index in [1.54, 1.807) is 56.9 Å². The summed E-state index contributed by atoms with van der Waals surface area (Å²) < 4.78 is 93.7. The van der Waals surface area contributed by atoms with Gasteiger partial charge in [0, 0.05) is 86.4 Å². The SMILES string of the molecule is COc1ccc(OC)c(S(=O)(=O)N2CCN(c3nc(-c4c(C)cc(C)cc4C)cs3)CC2)c1.COc1ccc(OC)c(S(=O)(=O)N2CCN(c3nc(-c4cc(OC)c(OC)c(OC)c4)cs3)CC2)c1. The summed E-state index contributed by atoms with van der Waals surface area (Å²) in [5.41, 5.74) is 7.42. The van der Waals surface area contributed by atoms with Crippen LogP contribution >= 0.6 is 22.7 Å². The van der Waals surface area contributed by atoms with Crippen molar-refractivity contribution in [3.8, 4) is 62.8 Å². The number of sulfonamides is 2. The normalized spacial score (nSPS) is 14.7. The second-order valence-corrected chi connectivity index (χ2v) is 21.5. The Morgan fingerprint density at radius 3 is 1.28 bits per heavy atom. The molecule has 0 saturated carbocycles. The van der Waals surface area contributed by atoms with Gasteiger partial charge in [0.25, 0.3) is 0 Å². The number of nitrogens with zero attached hydrogens (tertiary/aromatic N) is 6. The lowest BCUT2D eigenvalue weighted by atomic mass is 9.98. The zero-order chi connectivity index (χ0) is 49.6. The fraction of sp³-hybridized carbons (Fsp3) is 0.375. The van der Waals surface area contributed by atoms with Gasteiger partial charge in [0.05, 0.1) is 61.2 Å². The summed E-state index contributed by atoms with van der Waals surface area (Å²) in [5.74, 6) is 3.14. The van der Waals surface area contributed by atoms with Crippen molar-refractivity contribution in [3.05, 3.63) is 88.1 Å². The summed E-state index contributed by atoms with van der Waals surface area (Å²) in [4.78, 5) is 14.1. The number of anilines is 2.